The highest BCUT2D eigenvalue weighted by Gasteiger charge is 2.33. The van der Waals surface area contributed by atoms with Crippen LogP contribution in [-0.4, -0.2) is 25.5 Å². The first kappa shape index (κ1) is 9.03. The molecule has 2 atom stereocenters. The van der Waals surface area contributed by atoms with Gasteiger partial charge < -0.3 is 10.1 Å². The maximum atomic E-state index is 11.1. The molecule has 4 heteroatoms. The molecule has 1 heterocycles. The second-order valence-corrected chi connectivity index (χ2v) is 3.00. The highest BCUT2D eigenvalue weighted by molar-refractivity contribution is 5.86. The minimum atomic E-state index is -0.322. The van der Waals surface area contributed by atoms with Crippen LogP contribution in [0.1, 0.15) is 13.3 Å². The molecule has 0 aromatic rings. The van der Waals surface area contributed by atoms with Crippen LogP contribution < -0.4 is 5.32 Å². The molecule has 0 spiro atoms. The Hall–Kier alpha value is -1.06. The Morgan fingerprint density at radius 1 is 1.75 bits per heavy atom. The molecule has 1 saturated heterocycles. The third-order valence-electron chi connectivity index (χ3n) is 2.27. The predicted molar refractivity (Wildman–Crippen MR) is 42.3 cm³/mol. The lowest BCUT2D eigenvalue weighted by Crippen LogP contribution is -2.28. The molecule has 68 valence electrons. The molecule has 1 amide bonds. The molecule has 0 aromatic carbocycles. The molecule has 1 N–H and O–H groups in total. The molecule has 1 aliphatic heterocycles. The van der Waals surface area contributed by atoms with Gasteiger partial charge in [0.1, 0.15) is 0 Å². The number of ether oxygens (including phenoxy) is 1. The number of nitrogens with one attached hydrogen (secondary N) is 1. The molecule has 12 heavy (non-hydrogen) atoms. The molecule has 0 bridgehead atoms. The number of carbonyl (C=O) groups excluding carboxylic acids is 2. The smallest absolute Gasteiger partial charge is 0.309 e. The summed E-state index contributed by atoms with van der Waals surface area (Å²) in [6, 6.07) is 0. The fourth-order valence-corrected chi connectivity index (χ4v) is 1.44. The summed E-state index contributed by atoms with van der Waals surface area (Å²) in [6.45, 7) is 2.40. The molecular weight excluding hydrogens is 158 g/mol. The Labute approximate surface area is 71.3 Å². The van der Waals surface area contributed by atoms with Crippen LogP contribution in [0.4, 0.5) is 0 Å². The van der Waals surface area contributed by atoms with Gasteiger partial charge in [-0.2, -0.15) is 0 Å². The van der Waals surface area contributed by atoms with E-state index in [1.807, 2.05) is 0 Å². The lowest BCUT2D eigenvalue weighted by atomic mass is 9.93. The van der Waals surface area contributed by atoms with E-state index in [1.165, 1.54) is 7.11 Å². The van der Waals surface area contributed by atoms with E-state index in [1.54, 1.807) is 6.92 Å². The van der Waals surface area contributed by atoms with Gasteiger partial charge in [0.25, 0.3) is 0 Å². The van der Waals surface area contributed by atoms with E-state index in [2.05, 4.69) is 10.1 Å². The summed E-state index contributed by atoms with van der Waals surface area (Å²) in [7, 11) is 1.34. The summed E-state index contributed by atoms with van der Waals surface area (Å²) in [5, 5.41) is 2.68. The first-order chi connectivity index (χ1) is 5.66. The van der Waals surface area contributed by atoms with Gasteiger partial charge in [0.15, 0.2) is 0 Å². The van der Waals surface area contributed by atoms with E-state index in [0.29, 0.717) is 6.54 Å². The fourth-order valence-electron chi connectivity index (χ4n) is 1.44. The number of rotatable bonds is 2. The molecule has 0 radical (unpaired) electrons. The van der Waals surface area contributed by atoms with E-state index in [9.17, 15) is 9.59 Å². The average molecular weight is 171 g/mol. The van der Waals surface area contributed by atoms with Crippen LogP contribution in [0, 0.1) is 11.8 Å². The summed E-state index contributed by atoms with van der Waals surface area (Å²) in [6.07, 6.45) is 0.731. The van der Waals surface area contributed by atoms with Gasteiger partial charge in [0.05, 0.1) is 18.9 Å². The number of hydrogen-bond acceptors (Lipinski definition) is 3. The molecule has 0 aromatic heterocycles. The second kappa shape index (κ2) is 3.56. The van der Waals surface area contributed by atoms with Crippen molar-refractivity contribution >= 4 is 11.9 Å². The van der Waals surface area contributed by atoms with Crippen molar-refractivity contribution < 1.29 is 14.3 Å². The zero-order chi connectivity index (χ0) is 9.14. The minimum Gasteiger partial charge on any atom is -0.469 e. The molecule has 2 unspecified atom stereocenters. The zero-order valence-electron chi connectivity index (χ0n) is 7.29. The quantitative estimate of drug-likeness (QED) is 0.592. The number of amides is 1. The Balaban J connectivity index is 2.57. The van der Waals surface area contributed by atoms with Crippen LogP contribution in [0.15, 0.2) is 0 Å². The lowest BCUT2D eigenvalue weighted by molar-refractivity contribution is -0.148. The van der Waals surface area contributed by atoms with Crippen LogP contribution in [0.3, 0.4) is 0 Å². The van der Waals surface area contributed by atoms with E-state index < -0.39 is 0 Å². The van der Waals surface area contributed by atoms with Crippen LogP contribution in [0.5, 0.6) is 0 Å². The van der Waals surface area contributed by atoms with Gasteiger partial charge >= 0.3 is 5.97 Å². The van der Waals surface area contributed by atoms with Gasteiger partial charge in [0, 0.05) is 6.54 Å². The van der Waals surface area contributed by atoms with E-state index in [-0.39, 0.29) is 23.7 Å². The van der Waals surface area contributed by atoms with Crippen LogP contribution >= 0.6 is 0 Å². The molecule has 1 rings (SSSR count). The Morgan fingerprint density at radius 2 is 2.42 bits per heavy atom. The Bertz CT molecular complexity index is 202. The van der Waals surface area contributed by atoms with Gasteiger partial charge in [-0.05, 0) is 6.42 Å². The van der Waals surface area contributed by atoms with Crippen molar-refractivity contribution in [2.24, 2.45) is 11.8 Å². The maximum Gasteiger partial charge on any atom is 0.309 e. The minimum absolute atomic E-state index is 0.0344. The van der Waals surface area contributed by atoms with Crippen LogP contribution in [0.2, 0.25) is 0 Å². The molecule has 0 aliphatic carbocycles. The van der Waals surface area contributed by atoms with Crippen molar-refractivity contribution in [2.75, 3.05) is 13.7 Å². The van der Waals surface area contributed by atoms with Crippen molar-refractivity contribution in [3.63, 3.8) is 0 Å². The number of esters is 1. The third-order valence-corrected chi connectivity index (χ3v) is 2.27. The molecule has 1 aliphatic rings. The monoisotopic (exact) mass is 171 g/mol. The number of hydrogen-bond donors (Lipinski definition) is 1. The average Bonchev–Trinajstić information content (AvgIpc) is 2.48. The Morgan fingerprint density at radius 3 is 2.83 bits per heavy atom. The standard InChI is InChI=1S/C8H13NO3/c1-5(8(11)12-2)6-3-4-9-7(6)10/h5-6H,3-4H2,1-2H3,(H,9,10). The first-order valence-corrected chi connectivity index (χ1v) is 4.02. The Kier molecular flexibility index (Phi) is 2.68. The molecule has 1 fully saturated rings. The summed E-state index contributed by atoms with van der Waals surface area (Å²) in [5.41, 5.74) is 0. The van der Waals surface area contributed by atoms with Gasteiger partial charge in [-0.3, -0.25) is 9.59 Å². The number of methoxy groups -OCH3 is 1. The summed E-state index contributed by atoms with van der Waals surface area (Å²) < 4.78 is 4.55. The summed E-state index contributed by atoms with van der Waals surface area (Å²) in [5.74, 6) is -0.861. The summed E-state index contributed by atoms with van der Waals surface area (Å²) >= 11 is 0. The summed E-state index contributed by atoms with van der Waals surface area (Å²) in [4.78, 5) is 22.2. The van der Waals surface area contributed by atoms with Gasteiger partial charge in [-0.1, -0.05) is 6.92 Å². The highest BCUT2D eigenvalue weighted by Crippen LogP contribution is 2.20. The van der Waals surface area contributed by atoms with E-state index in [4.69, 9.17) is 0 Å². The van der Waals surface area contributed by atoms with Gasteiger partial charge in [0.2, 0.25) is 5.91 Å². The van der Waals surface area contributed by atoms with Crippen molar-refractivity contribution in [1.29, 1.82) is 0 Å². The van der Waals surface area contributed by atoms with E-state index in [0.717, 1.165) is 6.42 Å². The topological polar surface area (TPSA) is 55.4 Å². The normalized spacial score (nSPS) is 24.8. The van der Waals surface area contributed by atoms with Crippen molar-refractivity contribution in [1.82, 2.24) is 5.32 Å². The SMILES string of the molecule is COC(=O)C(C)C1CCNC1=O. The number of carbonyl (C=O) groups is 2. The van der Waals surface area contributed by atoms with Gasteiger partial charge in [-0.25, -0.2) is 0 Å². The highest BCUT2D eigenvalue weighted by atomic mass is 16.5. The maximum absolute atomic E-state index is 11.1. The zero-order valence-corrected chi connectivity index (χ0v) is 7.29. The molecular formula is C8H13NO3. The van der Waals surface area contributed by atoms with Crippen LogP contribution in [0.25, 0.3) is 0 Å². The molecule has 0 saturated carbocycles. The van der Waals surface area contributed by atoms with Crippen LogP contribution in [-0.2, 0) is 14.3 Å². The first-order valence-electron chi connectivity index (χ1n) is 4.02. The van der Waals surface area contributed by atoms with Crippen molar-refractivity contribution in [3.05, 3.63) is 0 Å². The molecule has 4 nitrogen and oxygen atoms in total. The van der Waals surface area contributed by atoms with Gasteiger partial charge in [-0.15, -0.1) is 0 Å². The van der Waals surface area contributed by atoms with E-state index >= 15 is 0 Å². The second-order valence-electron chi connectivity index (χ2n) is 3.00. The fraction of sp³-hybridized carbons (Fsp3) is 0.750. The third kappa shape index (κ3) is 1.57. The lowest BCUT2D eigenvalue weighted by Gasteiger charge is -2.13. The van der Waals surface area contributed by atoms with Crippen molar-refractivity contribution in [2.45, 2.75) is 13.3 Å². The predicted octanol–water partition coefficient (Wildman–Crippen LogP) is -0.0684. The largest absolute Gasteiger partial charge is 0.469 e. The van der Waals surface area contributed by atoms with Crippen molar-refractivity contribution in [3.8, 4) is 0 Å².